The van der Waals surface area contributed by atoms with E-state index in [-0.39, 0.29) is 24.4 Å². The number of hydrogen-bond donors (Lipinski definition) is 1. The van der Waals surface area contributed by atoms with Crippen LogP contribution in [0.4, 0.5) is 0 Å². The number of benzene rings is 1. The van der Waals surface area contributed by atoms with Gasteiger partial charge in [-0.05, 0) is 44.4 Å². The monoisotopic (exact) mass is 327 g/mol. The van der Waals surface area contributed by atoms with Crippen LogP contribution in [0, 0.1) is 0 Å². The van der Waals surface area contributed by atoms with E-state index in [1.54, 1.807) is 0 Å². The first-order valence-electron chi connectivity index (χ1n) is 6.85. The molecule has 0 aromatic heterocycles. The second kappa shape index (κ2) is 6.84. The fourth-order valence-electron chi connectivity index (χ4n) is 2.66. The third-order valence-electron chi connectivity index (χ3n) is 3.45. The van der Waals surface area contributed by atoms with Gasteiger partial charge >= 0.3 is 0 Å². The van der Waals surface area contributed by atoms with Crippen molar-refractivity contribution in [1.29, 1.82) is 0 Å². The van der Waals surface area contributed by atoms with Crippen LogP contribution in [0.1, 0.15) is 38.4 Å². The number of halogens is 1. The quantitative estimate of drug-likeness (QED) is 0.921. The average Bonchev–Trinajstić information content (AvgIpc) is 2.34. The van der Waals surface area contributed by atoms with Gasteiger partial charge in [0.2, 0.25) is 0 Å². The van der Waals surface area contributed by atoms with Crippen LogP contribution in [-0.2, 0) is 9.47 Å². The first-order valence-corrected chi connectivity index (χ1v) is 7.64. The number of nitrogens with two attached hydrogens (primary N) is 1. The fourth-order valence-corrected chi connectivity index (χ4v) is 3.08. The summed E-state index contributed by atoms with van der Waals surface area (Å²) in [7, 11) is 0. The molecule has 3 unspecified atom stereocenters. The van der Waals surface area contributed by atoms with Crippen molar-refractivity contribution < 1.29 is 9.47 Å². The molecule has 1 aromatic rings. The molecule has 0 radical (unpaired) electrons. The molecular formula is C15H22BrNO2. The van der Waals surface area contributed by atoms with Crippen molar-refractivity contribution in [3.8, 4) is 0 Å². The summed E-state index contributed by atoms with van der Waals surface area (Å²) in [6.07, 6.45) is 2.58. The molecule has 0 bridgehead atoms. The Morgan fingerprint density at radius 3 is 2.63 bits per heavy atom. The Bertz CT molecular complexity index is 403. The maximum absolute atomic E-state index is 6.20. The predicted octanol–water partition coefficient (Wildman–Crippen LogP) is 3.42. The van der Waals surface area contributed by atoms with Crippen LogP contribution in [0.5, 0.6) is 0 Å². The van der Waals surface area contributed by atoms with Crippen molar-refractivity contribution >= 4 is 15.9 Å². The molecule has 1 aromatic carbocycles. The second-order valence-electron chi connectivity index (χ2n) is 5.27. The van der Waals surface area contributed by atoms with E-state index in [9.17, 15) is 0 Å². The number of rotatable bonds is 4. The minimum atomic E-state index is -0.0417. The van der Waals surface area contributed by atoms with Gasteiger partial charge in [-0.25, -0.2) is 0 Å². The Kier molecular flexibility index (Phi) is 5.39. The van der Waals surface area contributed by atoms with Gasteiger partial charge in [-0.1, -0.05) is 28.1 Å². The standard InChI is InChI=1S/C15H22BrNO2/c1-10-6-14(7-11(2)18-10)19-15(9-17)12-4-3-5-13(16)8-12/h3-5,8,10-11,14-15H,6-7,9,17H2,1-2H3. The smallest absolute Gasteiger partial charge is 0.0951 e. The predicted molar refractivity (Wildman–Crippen MR) is 80.1 cm³/mol. The lowest BCUT2D eigenvalue weighted by atomic mass is 10.0. The van der Waals surface area contributed by atoms with Gasteiger partial charge in [0.25, 0.3) is 0 Å². The van der Waals surface area contributed by atoms with E-state index >= 15 is 0 Å². The van der Waals surface area contributed by atoms with Gasteiger partial charge in [0.15, 0.2) is 0 Å². The van der Waals surface area contributed by atoms with Gasteiger partial charge < -0.3 is 15.2 Å². The summed E-state index contributed by atoms with van der Waals surface area (Å²) in [5.41, 5.74) is 7.00. The first kappa shape index (κ1) is 15.0. The maximum atomic E-state index is 6.20. The van der Waals surface area contributed by atoms with Crippen LogP contribution in [-0.4, -0.2) is 24.9 Å². The molecule has 2 rings (SSSR count). The van der Waals surface area contributed by atoms with Crippen molar-refractivity contribution in [2.24, 2.45) is 5.73 Å². The van der Waals surface area contributed by atoms with Crippen LogP contribution in [0.25, 0.3) is 0 Å². The van der Waals surface area contributed by atoms with Gasteiger partial charge in [0.1, 0.15) is 0 Å². The van der Waals surface area contributed by atoms with Crippen LogP contribution < -0.4 is 5.73 Å². The van der Waals surface area contributed by atoms with Gasteiger partial charge in [0, 0.05) is 11.0 Å². The lowest BCUT2D eigenvalue weighted by molar-refractivity contribution is -0.120. The highest BCUT2D eigenvalue weighted by atomic mass is 79.9. The maximum Gasteiger partial charge on any atom is 0.0951 e. The van der Waals surface area contributed by atoms with Crippen LogP contribution in [0.3, 0.4) is 0 Å². The highest BCUT2D eigenvalue weighted by Gasteiger charge is 2.27. The Labute approximate surface area is 123 Å². The summed E-state index contributed by atoms with van der Waals surface area (Å²) >= 11 is 3.49. The van der Waals surface area contributed by atoms with Crippen LogP contribution >= 0.6 is 15.9 Å². The van der Waals surface area contributed by atoms with Crippen molar-refractivity contribution in [2.75, 3.05) is 6.54 Å². The van der Waals surface area contributed by atoms with Gasteiger partial charge in [-0.3, -0.25) is 0 Å². The number of hydrogen-bond acceptors (Lipinski definition) is 3. The van der Waals surface area contributed by atoms with Crippen molar-refractivity contribution in [3.63, 3.8) is 0 Å². The molecule has 1 aliphatic rings. The molecule has 1 fully saturated rings. The van der Waals surface area contributed by atoms with E-state index in [1.165, 1.54) is 0 Å². The second-order valence-corrected chi connectivity index (χ2v) is 6.18. The van der Waals surface area contributed by atoms with Crippen molar-refractivity contribution in [2.45, 2.75) is 51.1 Å². The topological polar surface area (TPSA) is 44.5 Å². The molecular weight excluding hydrogens is 306 g/mol. The number of ether oxygens (including phenoxy) is 2. The SMILES string of the molecule is CC1CC(OC(CN)c2cccc(Br)c2)CC(C)O1. The fraction of sp³-hybridized carbons (Fsp3) is 0.600. The summed E-state index contributed by atoms with van der Waals surface area (Å²) < 4.78 is 13.0. The van der Waals surface area contributed by atoms with E-state index in [1.807, 2.05) is 12.1 Å². The molecule has 4 heteroatoms. The van der Waals surface area contributed by atoms with E-state index in [0.29, 0.717) is 6.54 Å². The first-order chi connectivity index (χ1) is 9.08. The molecule has 1 heterocycles. The molecule has 19 heavy (non-hydrogen) atoms. The van der Waals surface area contributed by atoms with E-state index in [0.717, 1.165) is 22.9 Å². The highest BCUT2D eigenvalue weighted by molar-refractivity contribution is 9.10. The Morgan fingerprint density at radius 1 is 1.37 bits per heavy atom. The summed E-state index contributed by atoms with van der Waals surface area (Å²) in [4.78, 5) is 0. The summed E-state index contributed by atoms with van der Waals surface area (Å²) in [5, 5.41) is 0. The zero-order chi connectivity index (χ0) is 13.8. The van der Waals surface area contributed by atoms with Crippen molar-refractivity contribution in [3.05, 3.63) is 34.3 Å². The van der Waals surface area contributed by atoms with Crippen molar-refractivity contribution in [1.82, 2.24) is 0 Å². The molecule has 3 atom stereocenters. The molecule has 1 aliphatic heterocycles. The van der Waals surface area contributed by atoms with E-state index < -0.39 is 0 Å². The zero-order valence-corrected chi connectivity index (χ0v) is 13.1. The Hall–Kier alpha value is -0.420. The molecule has 3 nitrogen and oxygen atoms in total. The van der Waals surface area contributed by atoms with Gasteiger partial charge in [0.05, 0.1) is 24.4 Å². The lowest BCUT2D eigenvalue weighted by Gasteiger charge is -2.34. The van der Waals surface area contributed by atoms with Gasteiger partial charge in [-0.2, -0.15) is 0 Å². The Morgan fingerprint density at radius 2 is 2.05 bits per heavy atom. The minimum Gasteiger partial charge on any atom is -0.375 e. The molecule has 2 N–H and O–H groups in total. The summed E-state index contributed by atoms with van der Waals surface area (Å²) in [5.74, 6) is 0. The van der Waals surface area contributed by atoms with E-state index in [2.05, 4.69) is 41.9 Å². The molecule has 0 spiro atoms. The molecule has 0 saturated carbocycles. The summed E-state index contributed by atoms with van der Waals surface area (Å²) in [6.45, 7) is 4.70. The average molecular weight is 328 g/mol. The summed E-state index contributed by atoms with van der Waals surface area (Å²) in [6, 6.07) is 8.16. The lowest BCUT2D eigenvalue weighted by Crippen LogP contribution is -2.35. The zero-order valence-electron chi connectivity index (χ0n) is 11.5. The molecule has 1 saturated heterocycles. The van der Waals surface area contributed by atoms with Crippen LogP contribution in [0.15, 0.2) is 28.7 Å². The largest absolute Gasteiger partial charge is 0.375 e. The van der Waals surface area contributed by atoms with E-state index in [4.69, 9.17) is 15.2 Å². The molecule has 0 aliphatic carbocycles. The van der Waals surface area contributed by atoms with Gasteiger partial charge in [-0.15, -0.1) is 0 Å². The third-order valence-corrected chi connectivity index (χ3v) is 3.94. The molecule has 0 amide bonds. The highest BCUT2D eigenvalue weighted by Crippen LogP contribution is 2.28. The Balaban J connectivity index is 2.02. The third kappa shape index (κ3) is 4.28. The normalized spacial score (nSPS) is 29.2. The van der Waals surface area contributed by atoms with Crippen LogP contribution in [0.2, 0.25) is 0 Å². The minimum absolute atomic E-state index is 0.0417. The molecule has 106 valence electrons.